The van der Waals surface area contributed by atoms with Gasteiger partial charge in [0, 0.05) is 19.3 Å². The summed E-state index contributed by atoms with van der Waals surface area (Å²) >= 11 is 0. The summed E-state index contributed by atoms with van der Waals surface area (Å²) in [6, 6.07) is 0. The minimum Gasteiger partial charge on any atom is -0.462 e. The Hall–Kier alpha value is -3.93. The Labute approximate surface area is 444 Å². The van der Waals surface area contributed by atoms with Crippen LogP contribution in [0, 0.1) is 0 Å². The number of unbranched alkanes of at least 4 members (excludes halogenated alkanes) is 24. The smallest absolute Gasteiger partial charge is 0.306 e. The van der Waals surface area contributed by atoms with Gasteiger partial charge in [0.05, 0.1) is 0 Å². The maximum atomic E-state index is 12.9. The molecule has 0 rings (SSSR count). The van der Waals surface area contributed by atoms with E-state index in [1.54, 1.807) is 0 Å². The molecule has 0 aliphatic rings. The van der Waals surface area contributed by atoms with Crippen molar-refractivity contribution in [3.63, 3.8) is 0 Å². The van der Waals surface area contributed by atoms with Crippen LogP contribution in [-0.2, 0) is 28.6 Å². The van der Waals surface area contributed by atoms with Crippen molar-refractivity contribution in [2.24, 2.45) is 0 Å². The molecule has 0 spiro atoms. The van der Waals surface area contributed by atoms with Crippen LogP contribution in [0.1, 0.15) is 271 Å². The highest BCUT2D eigenvalue weighted by Crippen LogP contribution is 2.16. The molecule has 0 saturated carbocycles. The molecule has 6 heteroatoms. The van der Waals surface area contributed by atoms with Gasteiger partial charge < -0.3 is 14.2 Å². The first-order chi connectivity index (χ1) is 35.5. The van der Waals surface area contributed by atoms with Crippen LogP contribution in [0.3, 0.4) is 0 Å². The summed E-state index contributed by atoms with van der Waals surface area (Å²) in [6.45, 7) is 6.37. The van der Waals surface area contributed by atoms with Gasteiger partial charge in [-0.2, -0.15) is 0 Å². The lowest BCUT2D eigenvalue weighted by molar-refractivity contribution is -0.167. The van der Waals surface area contributed by atoms with Crippen LogP contribution in [0.4, 0.5) is 0 Å². The SMILES string of the molecule is CC/C=C\C/C=C\C/C=C\C/C=C\C/C=C\C/C=C\CCCCC(=O)OCC(COC(=O)CCCCC/C=C\C/C=C\C/C=C\CC)OC(=O)CCCCCCCCCCCCCCCCCCCCCC. The molecular formula is C66H110O6. The highest BCUT2D eigenvalue weighted by molar-refractivity contribution is 5.71. The van der Waals surface area contributed by atoms with Gasteiger partial charge in [-0.05, 0) is 103 Å². The predicted octanol–water partition coefficient (Wildman–Crippen LogP) is 20.3. The Morgan fingerprint density at radius 2 is 0.542 bits per heavy atom. The molecule has 0 fully saturated rings. The third kappa shape index (κ3) is 57.0. The summed E-state index contributed by atoms with van der Waals surface area (Å²) in [5.74, 6) is -0.972. The summed E-state index contributed by atoms with van der Waals surface area (Å²) in [5, 5.41) is 0. The lowest BCUT2D eigenvalue weighted by atomic mass is 10.0. The van der Waals surface area contributed by atoms with Crippen molar-refractivity contribution < 1.29 is 28.6 Å². The third-order valence-electron chi connectivity index (χ3n) is 12.5. The first-order valence-electron chi connectivity index (χ1n) is 29.9. The summed E-state index contributed by atoms with van der Waals surface area (Å²) in [7, 11) is 0. The van der Waals surface area contributed by atoms with Gasteiger partial charge in [0.2, 0.25) is 0 Å². The van der Waals surface area contributed by atoms with E-state index < -0.39 is 6.10 Å². The zero-order valence-electron chi connectivity index (χ0n) is 46.9. The first kappa shape index (κ1) is 68.1. The number of allylic oxidation sites excluding steroid dienone is 18. The van der Waals surface area contributed by atoms with Crippen LogP contribution in [0.5, 0.6) is 0 Å². The monoisotopic (exact) mass is 999 g/mol. The molecule has 0 heterocycles. The number of esters is 3. The Kier molecular flexibility index (Phi) is 56.4. The number of hydrogen-bond donors (Lipinski definition) is 0. The minimum absolute atomic E-state index is 0.107. The van der Waals surface area contributed by atoms with Crippen molar-refractivity contribution in [3.8, 4) is 0 Å². The highest BCUT2D eigenvalue weighted by Gasteiger charge is 2.19. The average molecular weight is 1000 g/mol. The number of rotatable bonds is 53. The van der Waals surface area contributed by atoms with Gasteiger partial charge in [0.25, 0.3) is 0 Å². The normalized spacial score (nSPS) is 12.9. The van der Waals surface area contributed by atoms with Crippen LogP contribution in [0.15, 0.2) is 109 Å². The number of ether oxygens (including phenoxy) is 3. The molecule has 0 bridgehead atoms. The van der Waals surface area contributed by atoms with Crippen LogP contribution in [0.2, 0.25) is 0 Å². The lowest BCUT2D eigenvalue weighted by Crippen LogP contribution is -2.30. The molecule has 72 heavy (non-hydrogen) atoms. The van der Waals surface area contributed by atoms with Gasteiger partial charge in [0.15, 0.2) is 6.10 Å². The van der Waals surface area contributed by atoms with Gasteiger partial charge in [0.1, 0.15) is 13.2 Å². The van der Waals surface area contributed by atoms with Crippen molar-refractivity contribution in [1.29, 1.82) is 0 Å². The third-order valence-corrected chi connectivity index (χ3v) is 12.5. The van der Waals surface area contributed by atoms with E-state index in [1.807, 2.05) is 0 Å². The van der Waals surface area contributed by atoms with Crippen molar-refractivity contribution in [2.45, 2.75) is 277 Å². The van der Waals surface area contributed by atoms with Crippen molar-refractivity contribution >= 4 is 17.9 Å². The molecule has 0 radical (unpaired) electrons. The van der Waals surface area contributed by atoms with E-state index in [1.165, 1.54) is 109 Å². The Morgan fingerprint density at radius 3 is 0.875 bits per heavy atom. The standard InChI is InChI=1S/C66H110O6/c1-4-7-10-13-16-19-22-25-27-29-31-33-35-36-38-41-44-47-50-53-56-59-65(68)71-62-63(61-70-64(67)58-55-52-49-46-43-40-24-21-18-15-12-9-6-3)72-66(69)60-57-54-51-48-45-42-39-37-34-32-30-28-26-23-20-17-14-11-8-5-2/h7,9-10,12,16,18-19,21,25,27,31,33,36,38,40,43-44,47,63H,4-6,8,11,13-15,17,20,22-24,26,28-30,32,34-35,37,39,41-42,45-46,48-62H2,1-3H3/b10-7-,12-9-,19-16-,21-18-,27-25-,33-31-,38-36-,43-40-,47-44-. The quantitative estimate of drug-likeness (QED) is 0.0261. The number of carbonyl (C=O) groups is 3. The van der Waals surface area contributed by atoms with Gasteiger partial charge in [-0.3, -0.25) is 14.4 Å². The van der Waals surface area contributed by atoms with Crippen LogP contribution >= 0.6 is 0 Å². The largest absolute Gasteiger partial charge is 0.462 e. The van der Waals surface area contributed by atoms with Gasteiger partial charge in [-0.25, -0.2) is 0 Å². The molecule has 0 saturated heterocycles. The fourth-order valence-electron chi connectivity index (χ4n) is 8.11. The fraction of sp³-hybridized carbons (Fsp3) is 0.682. The fourth-order valence-corrected chi connectivity index (χ4v) is 8.11. The zero-order chi connectivity index (χ0) is 52.2. The average Bonchev–Trinajstić information content (AvgIpc) is 3.38. The van der Waals surface area contributed by atoms with E-state index in [9.17, 15) is 14.4 Å². The zero-order valence-corrected chi connectivity index (χ0v) is 46.9. The Morgan fingerprint density at radius 1 is 0.292 bits per heavy atom. The van der Waals surface area contributed by atoms with Gasteiger partial charge >= 0.3 is 17.9 Å². The van der Waals surface area contributed by atoms with E-state index in [4.69, 9.17) is 14.2 Å². The molecule has 1 unspecified atom stereocenters. The second kappa shape index (κ2) is 59.6. The Balaban J connectivity index is 4.45. The molecule has 0 aromatic rings. The van der Waals surface area contributed by atoms with Crippen molar-refractivity contribution in [3.05, 3.63) is 109 Å². The Bertz CT molecular complexity index is 1470. The summed E-state index contributed by atoms with van der Waals surface area (Å²) in [4.78, 5) is 38.2. The van der Waals surface area contributed by atoms with E-state index in [2.05, 4.69) is 130 Å². The summed E-state index contributed by atoms with van der Waals surface area (Å²) < 4.78 is 16.8. The van der Waals surface area contributed by atoms with E-state index in [-0.39, 0.29) is 31.1 Å². The van der Waals surface area contributed by atoms with Crippen molar-refractivity contribution in [2.75, 3.05) is 13.2 Å². The van der Waals surface area contributed by atoms with Gasteiger partial charge in [-0.15, -0.1) is 0 Å². The predicted molar refractivity (Wildman–Crippen MR) is 311 cm³/mol. The van der Waals surface area contributed by atoms with E-state index in [0.29, 0.717) is 25.7 Å². The molecule has 410 valence electrons. The molecule has 6 nitrogen and oxygen atoms in total. The second-order valence-corrected chi connectivity index (χ2v) is 19.5. The number of carbonyl (C=O) groups excluding carboxylic acids is 3. The molecule has 0 amide bonds. The summed E-state index contributed by atoms with van der Waals surface area (Å²) in [5.41, 5.74) is 0. The highest BCUT2D eigenvalue weighted by atomic mass is 16.6. The molecule has 0 N–H and O–H groups in total. The van der Waals surface area contributed by atoms with E-state index >= 15 is 0 Å². The first-order valence-corrected chi connectivity index (χ1v) is 29.9. The maximum absolute atomic E-state index is 12.9. The van der Waals surface area contributed by atoms with E-state index in [0.717, 1.165) is 116 Å². The second-order valence-electron chi connectivity index (χ2n) is 19.5. The minimum atomic E-state index is -0.809. The molecule has 1 atom stereocenters. The van der Waals surface area contributed by atoms with Crippen LogP contribution < -0.4 is 0 Å². The topological polar surface area (TPSA) is 78.9 Å². The van der Waals surface area contributed by atoms with Crippen LogP contribution in [-0.4, -0.2) is 37.2 Å². The lowest BCUT2D eigenvalue weighted by Gasteiger charge is -2.18. The van der Waals surface area contributed by atoms with Crippen LogP contribution in [0.25, 0.3) is 0 Å². The molecule has 0 aromatic heterocycles. The molecule has 0 aromatic carbocycles. The van der Waals surface area contributed by atoms with Gasteiger partial charge in [-0.1, -0.05) is 259 Å². The molecule has 0 aliphatic heterocycles. The maximum Gasteiger partial charge on any atom is 0.306 e. The van der Waals surface area contributed by atoms with Crippen molar-refractivity contribution in [1.82, 2.24) is 0 Å². The molecular weight excluding hydrogens is 889 g/mol. The summed E-state index contributed by atoms with van der Waals surface area (Å²) in [6.07, 6.45) is 80.9. The number of hydrogen-bond acceptors (Lipinski definition) is 6. The molecule has 0 aliphatic carbocycles.